The van der Waals surface area contributed by atoms with Crippen molar-refractivity contribution in [2.75, 3.05) is 0 Å². The van der Waals surface area contributed by atoms with Gasteiger partial charge in [-0.25, -0.2) is 0 Å². The molecule has 0 aromatic carbocycles. The predicted molar refractivity (Wildman–Crippen MR) is 42.3 cm³/mol. The zero-order chi connectivity index (χ0) is 9.98. The Kier molecular flexibility index (Phi) is 21.0. The average molecular weight is 210 g/mol. The second-order valence-electron chi connectivity index (χ2n) is 1.72. The number of rotatable bonds is 2. The van der Waals surface area contributed by atoms with Gasteiger partial charge in [0.2, 0.25) is 0 Å². The van der Waals surface area contributed by atoms with Gasteiger partial charge in [-0.15, -0.1) is 0 Å². The molecule has 0 unspecified atom stereocenters. The molecule has 0 aromatic rings. The molecule has 0 atom stereocenters. The molecule has 0 saturated carbocycles. The van der Waals surface area contributed by atoms with Crippen LogP contribution in [0.2, 0.25) is 0 Å². The maximum Gasteiger partial charge on any atom is 1.00 e. The monoisotopic (exact) mass is 210 g/mol. The van der Waals surface area contributed by atoms with Crippen molar-refractivity contribution in [2.45, 2.75) is 13.8 Å². The molecule has 0 fully saturated rings. The van der Waals surface area contributed by atoms with Crippen LogP contribution < -0.4 is 56.5 Å². The normalized spacial score (nSPS) is 8.77. The summed E-state index contributed by atoms with van der Waals surface area (Å²) in [7, 11) is 0. The molecule has 0 bridgehead atoms. The first-order chi connectivity index (χ1) is 5.50. The zero-order valence-electron chi connectivity index (χ0n) is 7.98. The third kappa shape index (κ3) is 47.7. The number of hydrogen-bond acceptors (Lipinski definition) is 3. The second kappa shape index (κ2) is 14.6. The summed E-state index contributed by atoms with van der Waals surface area (Å²) < 4.78 is 0. The van der Waals surface area contributed by atoms with Crippen molar-refractivity contribution in [3.8, 4) is 0 Å². The van der Waals surface area contributed by atoms with Gasteiger partial charge in [0, 0.05) is 6.92 Å². The summed E-state index contributed by atoms with van der Waals surface area (Å²) in [6.45, 7) is 2.89. The van der Waals surface area contributed by atoms with Gasteiger partial charge in [0.1, 0.15) is 0 Å². The van der Waals surface area contributed by atoms with E-state index in [1.807, 2.05) is 0 Å². The predicted octanol–water partition coefficient (Wildman–Crippen LogP) is -3.04. The van der Waals surface area contributed by atoms with Crippen LogP contribution >= 0.6 is 0 Å². The minimum absolute atomic E-state index is 0. The molecule has 0 spiro atoms. The van der Waals surface area contributed by atoms with Crippen LogP contribution in [0.1, 0.15) is 13.8 Å². The van der Waals surface area contributed by atoms with E-state index in [4.69, 9.17) is 9.90 Å². The van der Waals surface area contributed by atoms with Crippen molar-refractivity contribution < 1.29 is 71.2 Å². The molecule has 0 aromatic heterocycles. The van der Waals surface area contributed by atoms with E-state index in [0.29, 0.717) is 0 Å². The van der Waals surface area contributed by atoms with E-state index in [1.165, 1.54) is 6.08 Å². The van der Waals surface area contributed by atoms with Crippen LogP contribution in [0.15, 0.2) is 24.3 Å². The van der Waals surface area contributed by atoms with E-state index in [0.717, 1.165) is 13.0 Å². The van der Waals surface area contributed by atoms with Crippen molar-refractivity contribution in [1.82, 2.24) is 0 Å². The van der Waals surface area contributed by atoms with Gasteiger partial charge < -0.3 is 15.0 Å². The molecule has 4 nitrogen and oxygen atoms in total. The van der Waals surface area contributed by atoms with E-state index in [1.54, 1.807) is 19.1 Å². The first-order valence-corrected chi connectivity index (χ1v) is 3.20. The topological polar surface area (TPSA) is 77.4 Å². The Hall–Kier alpha value is 0.0564. The number of carbonyl (C=O) groups is 2. The largest absolute Gasteiger partial charge is 1.00 e. The number of carboxylic acids is 2. The summed E-state index contributed by atoms with van der Waals surface area (Å²) in [4.78, 5) is 18.6. The fourth-order valence-electron chi connectivity index (χ4n) is 0.245. The molecular formula is C8H11KO4. The Morgan fingerprint density at radius 2 is 1.69 bits per heavy atom. The van der Waals surface area contributed by atoms with Gasteiger partial charge in [0.05, 0.1) is 5.97 Å². The molecular weight excluding hydrogens is 199 g/mol. The number of hydrogen-bond donors (Lipinski definition) is 1. The first-order valence-electron chi connectivity index (χ1n) is 3.20. The van der Waals surface area contributed by atoms with Crippen LogP contribution in [0.5, 0.6) is 0 Å². The molecule has 0 radical (unpaired) electrons. The summed E-state index contributed by atoms with van der Waals surface area (Å²) >= 11 is 0. The van der Waals surface area contributed by atoms with Gasteiger partial charge in [-0.2, -0.15) is 0 Å². The van der Waals surface area contributed by atoms with Crippen molar-refractivity contribution >= 4 is 11.9 Å². The van der Waals surface area contributed by atoms with Gasteiger partial charge in [0.15, 0.2) is 0 Å². The molecule has 0 aliphatic heterocycles. The van der Waals surface area contributed by atoms with Crippen LogP contribution in [-0.4, -0.2) is 17.0 Å². The smallest absolute Gasteiger partial charge is 0.545 e. The molecule has 13 heavy (non-hydrogen) atoms. The Morgan fingerprint density at radius 3 is 1.92 bits per heavy atom. The molecule has 5 heteroatoms. The SMILES string of the molecule is CC(=O)O.CC=CC=CC(=O)[O-].[K+]. The second-order valence-corrected chi connectivity index (χ2v) is 1.72. The standard InChI is InChI=1S/C6H8O2.C2H4O2.K/c1-2-3-4-5-6(7)8;1-2(3)4;/h2-5H,1H3,(H,7,8);1H3,(H,3,4);/q;;+1/p-1. The van der Waals surface area contributed by atoms with Crippen molar-refractivity contribution in [1.29, 1.82) is 0 Å². The van der Waals surface area contributed by atoms with Crippen LogP contribution in [-0.2, 0) is 9.59 Å². The third-order valence-corrected chi connectivity index (χ3v) is 0.536. The fraction of sp³-hybridized carbons (Fsp3) is 0.250. The zero-order valence-corrected chi connectivity index (χ0v) is 11.1. The maximum absolute atomic E-state index is 9.64. The van der Waals surface area contributed by atoms with Crippen LogP contribution in [0.4, 0.5) is 0 Å². The van der Waals surface area contributed by atoms with Gasteiger partial charge >= 0.3 is 51.4 Å². The van der Waals surface area contributed by atoms with Crippen LogP contribution in [0, 0.1) is 0 Å². The molecule has 0 amide bonds. The number of aliphatic carboxylic acids is 2. The maximum atomic E-state index is 9.64. The minimum atomic E-state index is -1.16. The molecule has 0 aliphatic carbocycles. The summed E-state index contributed by atoms with van der Waals surface area (Å²) in [5.74, 6) is -2.00. The Bertz CT molecular complexity index is 192. The summed E-state index contributed by atoms with van der Waals surface area (Å²) in [6, 6.07) is 0. The number of allylic oxidation sites excluding steroid dienone is 3. The average Bonchev–Trinajstić information content (AvgIpc) is 1.86. The van der Waals surface area contributed by atoms with E-state index in [-0.39, 0.29) is 51.4 Å². The minimum Gasteiger partial charge on any atom is -0.545 e. The van der Waals surface area contributed by atoms with Crippen molar-refractivity contribution in [3.63, 3.8) is 0 Å². The van der Waals surface area contributed by atoms with Crippen molar-refractivity contribution in [2.24, 2.45) is 0 Å². The number of carboxylic acid groups (broad SMARTS) is 2. The van der Waals surface area contributed by atoms with Crippen LogP contribution in [0.3, 0.4) is 0 Å². The Morgan fingerprint density at radius 1 is 1.31 bits per heavy atom. The Labute approximate surface area is 120 Å². The van der Waals surface area contributed by atoms with Gasteiger partial charge in [-0.1, -0.05) is 18.2 Å². The molecule has 0 saturated heterocycles. The molecule has 0 rings (SSSR count). The molecule has 0 heterocycles. The molecule has 68 valence electrons. The van der Waals surface area contributed by atoms with E-state index in [9.17, 15) is 9.90 Å². The van der Waals surface area contributed by atoms with Gasteiger partial charge in [0.25, 0.3) is 5.97 Å². The summed E-state index contributed by atoms with van der Waals surface area (Å²) in [5.41, 5.74) is 0. The summed E-state index contributed by atoms with van der Waals surface area (Å²) in [5, 5.41) is 17.1. The van der Waals surface area contributed by atoms with Crippen LogP contribution in [0.25, 0.3) is 0 Å². The first kappa shape index (κ1) is 18.8. The molecule has 0 aliphatic rings. The molecule has 1 N–H and O–H groups in total. The van der Waals surface area contributed by atoms with Gasteiger partial charge in [-0.05, 0) is 13.0 Å². The Balaban J connectivity index is -0.000000173. The van der Waals surface area contributed by atoms with E-state index >= 15 is 0 Å². The van der Waals surface area contributed by atoms with E-state index < -0.39 is 11.9 Å². The fourth-order valence-corrected chi connectivity index (χ4v) is 0.245. The summed E-state index contributed by atoms with van der Waals surface area (Å²) in [6.07, 6.45) is 5.74. The van der Waals surface area contributed by atoms with Crippen molar-refractivity contribution in [3.05, 3.63) is 24.3 Å². The quantitative estimate of drug-likeness (QED) is 0.299. The number of carbonyl (C=O) groups excluding carboxylic acids is 1. The third-order valence-electron chi connectivity index (χ3n) is 0.536. The van der Waals surface area contributed by atoms with E-state index in [2.05, 4.69) is 0 Å². The van der Waals surface area contributed by atoms with Gasteiger partial charge in [-0.3, -0.25) is 4.79 Å².